The zero-order valence-electron chi connectivity index (χ0n) is 10.3. The monoisotopic (exact) mass is 232 g/mol. The highest BCUT2D eigenvalue weighted by Gasteiger charge is 2.21. The summed E-state index contributed by atoms with van der Waals surface area (Å²) in [5.74, 6) is 1.58. The average Bonchev–Trinajstić information content (AvgIpc) is 2.68. The molecule has 1 aliphatic heterocycles. The molecule has 0 bridgehead atoms. The third-order valence-electron chi connectivity index (χ3n) is 3.38. The summed E-state index contributed by atoms with van der Waals surface area (Å²) in [6, 6.07) is 2.02. The van der Waals surface area contributed by atoms with E-state index in [1.54, 1.807) is 14.2 Å². The van der Waals surface area contributed by atoms with Gasteiger partial charge in [0.2, 0.25) is 0 Å². The molecular formula is C13H16N2O2. The SMILES string of the molecule is COc1cc2c3c(cn(C)c3c1OC)CCN2. The third kappa shape index (κ3) is 1.30. The van der Waals surface area contributed by atoms with E-state index in [0.717, 1.165) is 35.7 Å². The zero-order chi connectivity index (χ0) is 12.0. The Labute approximate surface area is 100 Å². The minimum Gasteiger partial charge on any atom is -0.493 e. The van der Waals surface area contributed by atoms with Crippen molar-refractivity contribution in [2.75, 3.05) is 26.1 Å². The van der Waals surface area contributed by atoms with Crippen molar-refractivity contribution in [3.05, 3.63) is 17.8 Å². The van der Waals surface area contributed by atoms with Crippen molar-refractivity contribution in [2.24, 2.45) is 7.05 Å². The van der Waals surface area contributed by atoms with E-state index in [2.05, 4.69) is 16.1 Å². The summed E-state index contributed by atoms with van der Waals surface area (Å²) in [5.41, 5.74) is 3.61. The van der Waals surface area contributed by atoms with Gasteiger partial charge >= 0.3 is 0 Å². The van der Waals surface area contributed by atoms with Crippen molar-refractivity contribution >= 4 is 16.6 Å². The van der Waals surface area contributed by atoms with Crippen LogP contribution in [0.4, 0.5) is 5.69 Å². The molecule has 2 aromatic rings. The number of nitrogens with one attached hydrogen (secondary N) is 1. The molecule has 2 heterocycles. The first-order chi connectivity index (χ1) is 8.26. The Hall–Kier alpha value is -1.84. The van der Waals surface area contributed by atoms with Crippen LogP contribution in [-0.2, 0) is 13.5 Å². The minimum atomic E-state index is 0.775. The molecule has 0 saturated carbocycles. The second-order valence-electron chi connectivity index (χ2n) is 4.33. The molecule has 0 spiro atoms. The molecule has 3 rings (SSSR count). The van der Waals surface area contributed by atoms with Gasteiger partial charge in [-0.3, -0.25) is 0 Å². The molecule has 1 aromatic carbocycles. The Morgan fingerprint density at radius 3 is 2.82 bits per heavy atom. The summed E-state index contributed by atoms with van der Waals surface area (Å²) in [6.07, 6.45) is 3.23. The highest BCUT2D eigenvalue weighted by Crippen LogP contribution is 2.43. The predicted molar refractivity (Wildman–Crippen MR) is 68.2 cm³/mol. The number of methoxy groups -OCH3 is 2. The van der Waals surface area contributed by atoms with Gasteiger partial charge in [-0.05, 0) is 12.0 Å². The van der Waals surface area contributed by atoms with E-state index in [1.165, 1.54) is 10.9 Å². The van der Waals surface area contributed by atoms with Crippen LogP contribution in [0.1, 0.15) is 5.56 Å². The maximum atomic E-state index is 5.49. The van der Waals surface area contributed by atoms with E-state index in [0.29, 0.717) is 0 Å². The summed E-state index contributed by atoms with van der Waals surface area (Å²) in [7, 11) is 5.40. The maximum Gasteiger partial charge on any atom is 0.185 e. The third-order valence-corrected chi connectivity index (χ3v) is 3.38. The molecular weight excluding hydrogens is 216 g/mol. The molecule has 1 aromatic heterocycles. The standard InChI is InChI=1S/C13H16N2O2/c1-15-7-8-4-5-14-9-6-10(16-2)13(17-3)12(15)11(8)9/h6-7,14H,4-5H2,1-3H3. The molecule has 0 aliphatic carbocycles. The zero-order valence-corrected chi connectivity index (χ0v) is 10.3. The number of ether oxygens (including phenoxy) is 2. The van der Waals surface area contributed by atoms with Crippen LogP contribution < -0.4 is 14.8 Å². The molecule has 0 radical (unpaired) electrons. The van der Waals surface area contributed by atoms with Gasteiger partial charge in [0, 0.05) is 36.9 Å². The van der Waals surface area contributed by atoms with Gasteiger partial charge in [0.15, 0.2) is 11.5 Å². The first kappa shape index (κ1) is 10.3. The van der Waals surface area contributed by atoms with Crippen molar-refractivity contribution in [1.29, 1.82) is 0 Å². The summed E-state index contributed by atoms with van der Waals surface area (Å²) >= 11 is 0. The highest BCUT2D eigenvalue weighted by molar-refractivity contribution is 6.02. The highest BCUT2D eigenvalue weighted by atomic mass is 16.5. The normalized spacial score (nSPS) is 13.6. The van der Waals surface area contributed by atoms with Gasteiger partial charge in [0.25, 0.3) is 0 Å². The fourth-order valence-electron chi connectivity index (χ4n) is 2.66. The number of nitrogens with zero attached hydrogens (tertiary/aromatic N) is 1. The molecule has 0 atom stereocenters. The van der Waals surface area contributed by atoms with Crippen molar-refractivity contribution in [2.45, 2.75) is 6.42 Å². The fraction of sp³-hybridized carbons (Fsp3) is 0.385. The summed E-state index contributed by atoms with van der Waals surface area (Å²) in [4.78, 5) is 0. The average molecular weight is 232 g/mol. The largest absolute Gasteiger partial charge is 0.493 e. The van der Waals surface area contributed by atoms with Gasteiger partial charge in [0.1, 0.15) is 0 Å². The fourth-order valence-corrected chi connectivity index (χ4v) is 2.66. The number of aromatic nitrogens is 1. The molecule has 4 nitrogen and oxygen atoms in total. The molecule has 17 heavy (non-hydrogen) atoms. The lowest BCUT2D eigenvalue weighted by Crippen LogP contribution is -2.10. The minimum absolute atomic E-state index is 0.775. The molecule has 0 unspecified atom stereocenters. The molecule has 90 valence electrons. The second kappa shape index (κ2) is 3.58. The Morgan fingerprint density at radius 2 is 2.12 bits per heavy atom. The maximum absolute atomic E-state index is 5.49. The topological polar surface area (TPSA) is 35.4 Å². The Bertz CT molecular complexity index is 587. The lowest BCUT2D eigenvalue weighted by molar-refractivity contribution is 0.357. The molecule has 0 fully saturated rings. The van der Waals surface area contributed by atoms with Gasteiger partial charge in [0.05, 0.1) is 19.7 Å². The second-order valence-corrected chi connectivity index (χ2v) is 4.33. The van der Waals surface area contributed by atoms with E-state index in [9.17, 15) is 0 Å². The summed E-state index contributed by atoms with van der Waals surface area (Å²) < 4.78 is 13.0. The van der Waals surface area contributed by atoms with Gasteiger partial charge in [-0.1, -0.05) is 0 Å². The quantitative estimate of drug-likeness (QED) is 0.861. The van der Waals surface area contributed by atoms with Crippen LogP contribution in [0.2, 0.25) is 0 Å². The molecule has 0 amide bonds. The van der Waals surface area contributed by atoms with E-state index >= 15 is 0 Å². The van der Waals surface area contributed by atoms with Crippen molar-refractivity contribution in [3.63, 3.8) is 0 Å². The van der Waals surface area contributed by atoms with Crippen LogP contribution in [0.15, 0.2) is 12.3 Å². The van der Waals surface area contributed by atoms with E-state index in [-0.39, 0.29) is 0 Å². The molecule has 0 saturated heterocycles. The van der Waals surface area contributed by atoms with E-state index in [4.69, 9.17) is 9.47 Å². The summed E-state index contributed by atoms with van der Waals surface area (Å²) in [5, 5.41) is 4.68. The van der Waals surface area contributed by atoms with Crippen LogP contribution in [0.3, 0.4) is 0 Å². The number of benzene rings is 1. The van der Waals surface area contributed by atoms with Gasteiger partial charge in [-0.25, -0.2) is 0 Å². The number of anilines is 1. The van der Waals surface area contributed by atoms with Crippen molar-refractivity contribution in [3.8, 4) is 11.5 Å². The van der Waals surface area contributed by atoms with E-state index in [1.807, 2.05) is 13.1 Å². The Balaban J connectivity index is 2.45. The lowest BCUT2D eigenvalue weighted by Gasteiger charge is -2.18. The number of hydrogen-bond donors (Lipinski definition) is 1. The van der Waals surface area contributed by atoms with Crippen LogP contribution in [0, 0.1) is 0 Å². The van der Waals surface area contributed by atoms with Crippen LogP contribution in [0.5, 0.6) is 11.5 Å². The number of rotatable bonds is 2. The predicted octanol–water partition coefficient (Wildman–Crippen LogP) is 2.16. The number of aryl methyl sites for hydroxylation is 1. The van der Waals surface area contributed by atoms with Crippen LogP contribution >= 0.6 is 0 Å². The lowest BCUT2D eigenvalue weighted by atomic mass is 10.0. The molecule has 1 aliphatic rings. The Morgan fingerprint density at radius 1 is 1.29 bits per heavy atom. The molecule has 1 N–H and O–H groups in total. The van der Waals surface area contributed by atoms with Crippen LogP contribution in [-0.4, -0.2) is 25.3 Å². The molecule has 4 heteroatoms. The van der Waals surface area contributed by atoms with Crippen molar-refractivity contribution in [1.82, 2.24) is 4.57 Å². The first-order valence-electron chi connectivity index (χ1n) is 5.73. The van der Waals surface area contributed by atoms with E-state index < -0.39 is 0 Å². The summed E-state index contributed by atoms with van der Waals surface area (Å²) in [6.45, 7) is 0.974. The van der Waals surface area contributed by atoms with Crippen molar-refractivity contribution < 1.29 is 9.47 Å². The van der Waals surface area contributed by atoms with Gasteiger partial charge in [-0.2, -0.15) is 0 Å². The first-order valence-corrected chi connectivity index (χ1v) is 5.73. The van der Waals surface area contributed by atoms with Gasteiger partial charge in [-0.15, -0.1) is 0 Å². The smallest absolute Gasteiger partial charge is 0.185 e. The Kier molecular flexibility index (Phi) is 2.18. The van der Waals surface area contributed by atoms with Gasteiger partial charge < -0.3 is 19.4 Å². The number of hydrogen-bond acceptors (Lipinski definition) is 3. The van der Waals surface area contributed by atoms with Crippen LogP contribution in [0.25, 0.3) is 10.9 Å².